The number of para-hydroxylation sites is 1. The molecule has 0 unspecified atom stereocenters. The summed E-state index contributed by atoms with van der Waals surface area (Å²) in [6, 6.07) is 10.4. The molecule has 2 heterocycles. The highest BCUT2D eigenvalue weighted by molar-refractivity contribution is 5.83. The van der Waals surface area contributed by atoms with Crippen molar-refractivity contribution in [2.24, 2.45) is 12.0 Å². The van der Waals surface area contributed by atoms with Crippen LogP contribution in [-0.4, -0.2) is 34.3 Å². The molecule has 0 fully saturated rings. The fourth-order valence-electron chi connectivity index (χ4n) is 2.62. The van der Waals surface area contributed by atoms with Crippen molar-refractivity contribution in [3.63, 3.8) is 0 Å². The Hall–Kier alpha value is -2.76. The van der Waals surface area contributed by atoms with Crippen molar-refractivity contribution in [3.8, 4) is 0 Å². The zero-order valence-electron chi connectivity index (χ0n) is 13.5. The molecule has 0 aliphatic rings. The summed E-state index contributed by atoms with van der Waals surface area (Å²) in [5.41, 5.74) is 3.61. The number of aliphatic imine (C=N–C) groups is 1. The number of hydrogen-bond acceptors (Lipinski definition) is 2. The van der Waals surface area contributed by atoms with Crippen LogP contribution in [0.15, 0.2) is 47.7 Å². The van der Waals surface area contributed by atoms with E-state index in [4.69, 9.17) is 0 Å². The second-order valence-electron chi connectivity index (χ2n) is 5.41. The van der Waals surface area contributed by atoms with E-state index < -0.39 is 0 Å². The SMILES string of the molecule is CN=C(NCCc1c[nH]c2ccccc12)NCc1ccnn1C. The Bertz CT molecular complexity index is 798. The first-order chi connectivity index (χ1) is 11.3. The quantitative estimate of drug-likeness (QED) is 0.497. The molecule has 0 saturated heterocycles. The maximum absolute atomic E-state index is 4.26. The Kier molecular flexibility index (Phi) is 4.61. The molecule has 3 rings (SSSR count). The van der Waals surface area contributed by atoms with Crippen LogP contribution < -0.4 is 10.6 Å². The van der Waals surface area contributed by atoms with E-state index in [-0.39, 0.29) is 0 Å². The Morgan fingerprint density at radius 3 is 2.91 bits per heavy atom. The molecule has 3 N–H and O–H groups in total. The lowest BCUT2D eigenvalue weighted by Gasteiger charge is -2.11. The monoisotopic (exact) mass is 310 g/mol. The average Bonchev–Trinajstić information content (AvgIpc) is 3.17. The maximum atomic E-state index is 4.26. The van der Waals surface area contributed by atoms with Gasteiger partial charge in [-0.25, -0.2) is 0 Å². The summed E-state index contributed by atoms with van der Waals surface area (Å²) < 4.78 is 1.85. The van der Waals surface area contributed by atoms with Crippen molar-refractivity contribution in [3.05, 3.63) is 54.0 Å². The summed E-state index contributed by atoms with van der Waals surface area (Å²) in [5.74, 6) is 0.797. The minimum atomic E-state index is 0.698. The molecule has 0 bridgehead atoms. The molecule has 0 radical (unpaired) electrons. The highest BCUT2D eigenvalue weighted by Gasteiger charge is 2.04. The van der Waals surface area contributed by atoms with E-state index in [1.165, 1.54) is 16.5 Å². The van der Waals surface area contributed by atoms with Gasteiger partial charge in [0.25, 0.3) is 0 Å². The summed E-state index contributed by atoms with van der Waals surface area (Å²) >= 11 is 0. The molecule has 0 atom stereocenters. The summed E-state index contributed by atoms with van der Waals surface area (Å²) in [5, 5.41) is 12.1. The molecule has 23 heavy (non-hydrogen) atoms. The largest absolute Gasteiger partial charge is 0.361 e. The summed E-state index contributed by atoms with van der Waals surface area (Å²) in [4.78, 5) is 7.56. The zero-order valence-corrected chi connectivity index (χ0v) is 13.5. The predicted octanol–water partition coefficient (Wildman–Crippen LogP) is 1.81. The molecular formula is C17H22N6. The fourth-order valence-corrected chi connectivity index (χ4v) is 2.62. The van der Waals surface area contributed by atoms with Gasteiger partial charge in [-0.2, -0.15) is 5.10 Å². The Morgan fingerprint density at radius 2 is 2.13 bits per heavy atom. The molecule has 0 spiro atoms. The van der Waals surface area contributed by atoms with Gasteiger partial charge in [0.05, 0.1) is 12.2 Å². The number of guanidine groups is 1. The van der Waals surface area contributed by atoms with Gasteiger partial charge < -0.3 is 15.6 Å². The highest BCUT2D eigenvalue weighted by Crippen LogP contribution is 2.17. The van der Waals surface area contributed by atoms with Gasteiger partial charge in [0.1, 0.15) is 0 Å². The van der Waals surface area contributed by atoms with E-state index in [9.17, 15) is 0 Å². The van der Waals surface area contributed by atoms with Crippen molar-refractivity contribution in [1.82, 2.24) is 25.4 Å². The summed E-state index contributed by atoms with van der Waals surface area (Å²) in [7, 11) is 3.72. The number of rotatable bonds is 5. The molecule has 0 aliphatic heterocycles. The van der Waals surface area contributed by atoms with E-state index in [2.05, 4.69) is 50.1 Å². The molecule has 0 saturated carbocycles. The minimum Gasteiger partial charge on any atom is -0.361 e. The average molecular weight is 310 g/mol. The molecule has 6 heteroatoms. The van der Waals surface area contributed by atoms with Gasteiger partial charge in [0.2, 0.25) is 0 Å². The first kappa shape index (κ1) is 15.1. The minimum absolute atomic E-state index is 0.698. The van der Waals surface area contributed by atoms with Crippen LogP contribution in [0.1, 0.15) is 11.3 Å². The van der Waals surface area contributed by atoms with Crippen LogP contribution >= 0.6 is 0 Å². The number of H-pyrrole nitrogens is 1. The number of fused-ring (bicyclic) bond motifs is 1. The molecule has 2 aromatic heterocycles. The highest BCUT2D eigenvalue weighted by atomic mass is 15.3. The van der Waals surface area contributed by atoms with E-state index in [0.29, 0.717) is 6.54 Å². The lowest BCUT2D eigenvalue weighted by molar-refractivity contribution is 0.684. The van der Waals surface area contributed by atoms with Crippen molar-refractivity contribution >= 4 is 16.9 Å². The third-order valence-electron chi connectivity index (χ3n) is 3.94. The first-order valence-electron chi connectivity index (χ1n) is 7.74. The number of benzene rings is 1. The topological polar surface area (TPSA) is 70.0 Å². The van der Waals surface area contributed by atoms with Gasteiger partial charge in [0.15, 0.2) is 5.96 Å². The summed E-state index contributed by atoms with van der Waals surface area (Å²) in [6.07, 6.45) is 4.82. The number of aryl methyl sites for hydroxylation is 1. The molecule has 0 amide bonds. The van der Waals surface area contributed by atoms with Crippen LogP contribution in [0.4, 0.5) is 0 Å². The van der Waals surface area contributed by atoms with E-state index in [1.807, 2.05) is 23.9 Å². The third kappa shape index (κ3) is 3.53. The van der Waals surface area contributed by atoms with Gasteiger partial charge in [-0.1, -0.05) is 18.2 Å². The number of nitrogens with one attached hydrogen (secondary N) is 3. The molecule has 3 aromatic rings. The Labute approximate surface area is 135 Å². The zero-order chi connectivity index (χ0) is 16.1. The maximum Gasteiger partial charge on any atom is 0.191 e. The van der Waals surface area contributed by atoms with E-state index in [0.717, 1.165) is 24.6 Å². The van der Waals surface area contributed by atoms with Crippen LogP contribution in [0.3, 0.4) is 0 Å². The standard InChI is InChI=1S/C17H22N6/c1-18-17(21-12-14-8-10-22-23(14)2)19-9-7-13-11-20-16-6-4-3-5-15(13)16/h3-6,8,10-11,20H,7,9,12H2,1-2H3,(H2,18,19,21). The molecule has 1 aromatic carbocycles. The van der Waals surface area contributed by atoms with Crippen molar-refractivity contribution in [2.75, 3.05) is 13.6 Å². The van der Waals surface area contributed by atoms with Crippen LogP contribution in [0.2, 0.25) is 0 Å². The molecule has 6 nitrogen and oxygen atoms in total. The first-order valence-corrected chi connectivity index (χ1v) is 7.74. The van der Waals surface area contributed by atoms with Crippen LogP contribution in [0.25, 0.3) is 10.9 Å². The predicted molar refractivity (Wildman–Crippen MR) is 93.4 cm³/mol. The molecule has 0 aliphatic carbocycles. The smallest absolute Gasteiger partial charge is 0.191 e. The lowest BCUT2D eigenvalue weighted by atomic mass is 10.1. The van der Waals surface area contributed by atoms with Gasteiger partial charge in [0, 0.05) is 43.9 Å². The Morgan fingerprint density at radius 1 is 1.26 bits per heavy atom. The van der Waals surface area contributed by atoms with Crippen molar-refractivity contribution in [2.45, 2.75) is 13.0 Å². The van der Waals surface area contributed by atoms with Crippen LogP contribution in [-0.2, 0) is 20.0 Å². The van der Waals surface area contributed by atoms with Crippen LogP contribution in [0, 0.1) is 0 Å². The fraction of sp³-hybridized carbons (Fsp3) is 0.294. The van der Waals surface area contributed by atoms with Gasteiger partial charge in [-0.05, 0) is 24.1 Å². The van der Waals surface area contributed by atoms with Gasteiger partial charge in [-0.15, -0.1) is 0 Å². The number of aromatic nitrogens is 3. The second kappa shape index (κ2) is 7.00. The molecule has 120 valence electrons. The lowest BCUT2D eigenvalue weighted by Crippen LogP contribution is -2.38. The van der Waals surface area contributed by atoms with Crippen LogP contribution in [0.5, 0.6) is 0 Å². The van der Waals surface area contributed by atoms with Crippen molar-refractivity contribution < 1.29 is 0 Å². The molecular weight excluding hydrogens is 288 g/mol. The normalized spacial score (nSPS) is 11.8. The van der Waals surface area contributed by atoms with Gasteiger partial charge in [-0.3, -0.25) is 9.67 Å². The third-order valence-corrected chi connectivity index (χ3v) is 3.94. The van der Waals surface area contributed by atoms with E-state index >= 15 is 0 Å². The number of nitrogens with zero attached hydrogens (tertiary/aromatic N) is 3. The second-order valence-corrected chi connectivity index (χ2v) is 5.41. The number of hydrogen-bond donors (Lipinski definition) is 3. The number of aromatic amines is 1. The Balaban J connectivity index is 1.51. The summed E-state index contributed by atoms with van der Waals surface area (Å²) in [6.45, 7) is 1.52. The van der Waals surface area contributed by atoms with Gasteiger partial charge >= 0.3 is 0 Å². The van der Waals surface area contributed by atoms with Crippen molar-refractivity contribution in [1.29, 1.82) is 0 Å². The van der Waals surface area contributed by atoms with E-state index in [1.54, 1.807) is 13.2 Å².